The summed E-state index contributed by atoms with van der Waals surface area (Å²) in [5.74, 6) is 0.108. The fourth-order valence-electron chi connectivity index (χ4n) is 2.57. The number of hydrogen-bond donors (Lipinski definition) is 3. The summed E-state index contributed by atoms with van der Waals surface area (Å²) in [6, 6.07) is 8.23. The van der Waals surface area contributed by atoms with Crippen molar-refractivity contribution in [1.82, 2.24) is 5.32 Å². The first-order valence-corrected chi connectivity index (χ1v) is 9.33. The molecule has 1 atom stereocenters. The van der Waals surface area contributed by atoms with Gasteiger partial charge in [0.2, 0.25) is 0 Å². The van der Waals surface area contributed by atoms with Crippen molar-refractivity contribution in [2.24, 2.45) is 11.5 Å². The fourth-order valence-corrected chi connectivity index (χ4v) is 2.57. The minimum absolute atomic E-state index is 0.192. The maximum Gasteiger partial charge on any atom is 0.0974 e. The molecule has 0 saturated carbocycles. The van der Waals surface area contributed by atoms with E-state index in [1.807, 2.05) is 39.0 Å². The zero-order chi connectivity index (χ0) is 19.1. The molecule has 1 aromatic rings. The molecule has 0 aliphatic heterocycles. The van der Waals surface area contributed by atoms with Gasteiger partial charge < -0.3 is 16.8 Å². The molecule has 0 heterocycles. The minimum atomic E-state index is -0.192. The second-order valence-electron chi connectivity index (χ2n) is 5.71. The van der Waals surface area contributed by atoms with Gasteiger partial charge in [-0.05, 0) is 81.6 Å². The summed E-state index contributed by atoms with van der Waals surface area (Å²) in [6.07, 6.45) is 5.45. The van der Waals surface area contributed by atoms with Crippen LogP contribution in [-0.4, -0.2) is 26.2 Å². The maximum absolute atomic E-state index is 13.2. The maximum atomic E-state index is 13.2. The lowest BCUT2D eigenvalue weighted by Crippen LogP contribution is -2.23. The van der Waals surface area contributed by atoms with Crippen LogP contribution < -0.4 is 16.8 Å². The Labute approximate surface area is 153 Å². The van der Waals surface area contributed by atoms with Crippen molar-refractivity contribution < 1.29 is 4.39 Å². The quantitative estimate of drug-likeness (QED) is 0.434. The molecule has 3 nitrogen and oxygen atoms in total. The number of rotatable bonds is 10. The molecule has 0 aliphatic carbocycles. The van der Waals surface area contributed by atoms with Crippen LogP contribution in [0.1, 0.15) is 57.6 Å². The van der Waals surface area contributed by atoms with Crippen LogP contribution in [0.4, 0.5) is 4.39 Å². The summed E-state index contributed by atoms with van der Waals surface area (Å²) in [7, 11) is 0. The first-order valence-electron chi connectivity index (χ1n) is 9.33. The molecule has 0 radical (unpaired) electrons. The average Bonchev–Trinajstić information content (AvgIpc) is 2.64. The average molecular weight is 350 g/mol. The van der Waals surface area contributed by atoms with E-state index in [-0.39, 0.29) is 5.83 Å². The molecule has 5 N–H and O–H groups in total. The predicted molar refractivity (Wildman–Crippen MR) is 109 cm³/mol. The highest BCUT2D eigenvalue weighted by molar-refractivity contribution is 5.74. The molecule has 0 aromatic heterocycles. The van der Waals surface area contributed by atoms with Gasteiger partial charge in [-0.3, -0.25) is 0 Å². The molecule has 0 spiro atoms. The zero-order valence-corrected chi connectivity index (χ0v) is 16.3. The second kappa shape index (κ2) is 14.8. The number of allylic oxidation sites excluding steroid dienone is 4. The van der Waals surface area contributed by atoms with Gasteiger partial charge in [0.25, 0.3) is 0 Å². The molecule has 4 heteroatoms. The van der Waals surface area contributed by atoms with Gasteiger partial charge in [-0.15, -0.1) is 0 Å². The predicted octanol–water partition coefficient (Wildman–Crippen LogP) is 4.36. The van der Waals surface area contributed by atoms with E-state index in [1.165, 1.54) is 12.5 Å². The number of benzene rings is 1. The van der Waals surface area contributed by atoms with Crippen molar-refractivity contribution in [2.45, 2.75) is 46.5 Å². The molecule has 25 heavy (non-hydrogen) atoms. The van der Waals surface area contributed by atoms with Crippen molar-refractivity contribution in [3.63, 3.8) is 0 Å². The SMILES string of the molecule is C/C=C(\C=C(/C)F)c1cccc(C(CN)CCNCCCN)c1.CC. The molecule has 0 aliphatic rings. The van der Waals surface area contributed by atoms with Gasteiger partial charge in [-0.2, -0.15) is 0 Å². The molecule has 1 aromatic carbocycles. The van der Waals surface area contributed by atoms with Crippen LogP contribution in [0.3, 0.4) is 0 Å². The van der Waals surface area contributed by atoms with E-state index in [2.05, 4.69) is 17.4 Å². The Bertz CT molecular complexity index is 520. The molecular formula is C21H36FN3. The van der Waals surface area contributed by atoms with Gasteiger partial charge >= 0.3 is 0 Å². The summed E-state index contributed by atoms with van der Waals surface area (Å²) >= 11 is 0. The summed E-state index contributed by atoms with van der Waals surface area (Å²) in [5, 5.41) is 3.39. The van der Waals surface area contributed by atoms with Gasteiger partial charge in [0.15, 0.2) is 0 Å². The Balaban J connectivity index is 0.00000277. The minimum Gasteiger partial charge on any atom is -0.330 e. The highest BCUT2D eigenvalue weighted by Gasteiger charge is 2.10. The molecule has 0 saturated heterocycles. The number of hydrogen-bond acceptors (Lipinski definition) is 3. The van der Waals surface area contributed by atoms with Crippen molar-refractivity contribution in [3.8, 4) is 0 Å². The standard InChI is InChI=1S/C19H30FN3.C2H6/c1-3-16(12-15(2)20)17-6-4-7-18(13-17)19(14-22)8-11-23-10-5-9-21;1-2/h3-4,6-7,12-13,19,23H,5,8-11,14,21-22H2,1-2H3;1-2H3/b15-12+,16-3+;. The van der Waals surface area contributed by atoms with Gasteiger partial charge in [-0.25, -0.2) is 4.39 Å². The van der Waals surface area contributed by atoms with E-state index in [0.29, 0.717) is 19.0 Å². The Kier molecular flexibility index (Phi) is 13.9. The lowest BCUT2D eigenvalue weighted by atomic mass is 9.92. The van der Waals surface area contributed by atoms with Crippen molar-refractivity contribution in [2.75, 3.05) is 26.2 Å². The van der Waals surface area contributed by atoms with Gasteiger partial charge in [-0.1, -0.05) is 44.2 Å². The largest absolute Gasteiger partial charge is 0.330 e. The molecule has 142 valence electrons. The topological polar surface area (TPSA) is 64.1 Å². The van der Waals surface area contributed by atoms with E-state index >= 15 is 0 Å². The number of halogens is 1. The summed E-state index contributed by atoms with van der Waals surface area (Å²) in [6.45, 7) is 10.6. The second-order valence-corrected chi connectivity index (χ2v) is 5.71. The molecular weight excluding hydrogens is 313 g/mol. The van der Waals surface area contributed by atoms with Crippen LogP contribution in [0, 0.1) is 0 Å². The van der Waals surface area contributed by atoms with Crippen LogP contribution in [0.25, 0.3) is 5.57 Å². The van der Waals surface area contributed by atoms with E-state index in [1.54, 1.807) is 6.08 Å². The third-order valence-electron chi connectivity index (χ3n) is 3.87. The summed E-state index contributed by atoms with van der Waals surface area (Å²) < 4.78 is 13.2. The molecule has 0 bridgehead atoms. The van der Waals surface area contributed by atoms with E-state index in [0.717, 1.165) is 37.1 Å². The lowest BCUT2D eigenvalue weighted by molar-refractivity contribution is 0.565. The first-order chi connectivity index (χ1) is 12.1. The zero-order valence-electron chi connectivity index (χ0n) is 16.3. The lowest BCUT2D eigenvalue weighted by Gasteiger charge is -2.17. The van der Waals surface area contributed by atoms with E-state index in [9.17, 15) is 4.39 Å². The van der Waals surface area contributed by atoms with E-state index in [4.69, 9.17) is 11.5 Å². The van der Waals surface area contributed by atoms with Gasteiger partial charge in [0.05, 0.1) is 5.83 Å². The van der Waals surface area contributed by atoms with Crippen LogP contribution in [0.15, 0.2) is 42.2 Å². The summed E-state index contributed by atoms with van der Waals surface area (Å²) in [4.78, 5) is 0. The Hall–Kier alpha value is -1.49. The van der Waals surface area contributed by atoms with Crippen LogP contribution >= 0.6 is 0 Å². The van der Waals surface area contributed by atoms with E-state index < -0.39 is 0 Å². The van der Waals surface area contributed by atoms with Crippen LogP contribution in [0.2, 0.25) is 0 Å². The Morgan fingerprint density at radius 2 is 1.96 bits per heavy atom. The van der Waals surface area contributed by atoms with Crippen molar-refractivity contribution in [1.29, 1.82) is 0 Å². The van der Waals surface area contributed by atoms with Crippen LogP contribution in [0.5, 0.6) is 0 Å². The summed E-state index contributed by atoms with van der Waals surface area (Å²) in [5.41, 5.74) is 14.6. The highest BCUT2D eigenvalue weighted by Crippen LogP contribution is 2.24. The smallest absolute Gasteiger partial charge is 0.0974 e. The number of nitrogens with one attached hydrogen (secondary N) is 1. The normalized spacial score (nSPS) is 13.2. The number of nitrogens with two attached hydrogens (primary N) is 2. The van der Waals surface area contributed by atoms with Gasteiger partial charge in [0, 0.05) is 0 Å². The Morgan fingerprint density at radius 1 is 1.24 bits per heavy atom. The first kappa shape index (κ1) is 23.5. The van der Waals surface area contributed by atoms with Crippen LogP contribution in [-0.2, 0) is 0 Å². The molecule has 0 amide bonds. The fraction of sp³-hybridized carbons (Fsp3) is 0.524. The molecule has 0 fully saturated rings. The van der Waals surface area contributed by atoms with Crippen molar-refractivity contribution >= 4 is 5.57 Å². The third-order valence-corrected chi connectivity index (χ3v) is 3.87. The third kappa shape index (κ3) is 9.54. The molecule has 1 unspecified atom stereocenters. The van der Waals surface area contributed by atoms with Gasteiger partial charge in [0.1, 0.15) is 0 Å². The molecule has 1 rings (SSSR count). The monoisotopic (exact) mass is 349 g/mol. The van der Waals surface area contributed by atoms with Crippen molar-refractivity contribution in [3.05, 3.63) is 53.4 Å². The highest BCUT2D eigenvalue weighted by atomic mass is 19.1. The Morgan fingerprint density at radius 3 is 2.52 bits per heavy atom.